The molecule has 0 bridgehead atoms. The second-order valence-electron chi connectivity index (χ2n) is 5.12. The summed E-state index contributed by atoms with van der Waals surface area (Å²) in [5.41, 5.74) is 8.19. The normalized spacial score (nSPS) is 22.4. The van der Waals surface area contributed by atoms with Gasteiger partial charge in [-0.1, -0.05) is 28.9 Å². The minimum absolute atomic E-state index is 0.872. The summed E-state index contributed by atoms with van der Waals surface area (Å²) in [4.78, 5) is 2.53. The SMILES string of the molecule is CC1CCCN(Cc2c(N)cccc2Br)CC1. The van der Waals surface area contributed by atoms with Gasteiger partial charge < -0.3 is 5.73 Å². The van der Waals surface area contributed by atoms with E-state index in [0.717, 1.165) is 22.6 Å². The summed E-state index contributed by atoms with van der Waals surface area (Å²) in [5.74, 6) is 0.872. The van der Waals surface area contributed by atoms with Gasteiger partial charge in [-0.15, -0.1) is 0 Å². The highest BCUT2D eigenvalue weighted by Gasteiger charge is 2.15. The Labute approximate surface area is 112 Å². The minimum Gasteiger partial charge on any atom is -0.398 e. The number of rotatable bonds is 2. The molecule has 2 rings (SSSR count). The Morgan fingerprint density at radius 2 is 2.18 bits per heavy atom. The molecule has 2 nitrogen and oxygen atoms in total. The number of likely N-dealkylation sites (tertiary alicyclic amines) is 1. The van der Waals surface area contributed by atoms with Crippen molar-refractivity contribution in [3.05, 3.63) is 28.2 Å². The topological polar surface area (TPSA) is 29.3 Å². The first-order valence-electron chi connectivity index (χ1n) is 6.42. The third-order valence-corrected chi connectivity index (χ3v) is 4.39. The van der Waals surface area contributed by atoms with E-state index in [9.17, 15) is 0 Å². The molecule has 17 heavy (non-hydrogen) atoms. The van der Waals surface area contributed by atoms with Crippen molar-refractivity contribution in [2.24, 2.45) is 5.92 Å². The van der Waals surface area contributed by atoms with E-state index < -0.39 is 0 Å². The van der Waals surface area contributed by atoms with Crippen molar-refractivity contribution >= 4 is 21.6 Å². The Hall–Kier alpha value is -0.540. The van der Waals surface area contributed by atoms with Crippen LogP contribution in [0.25, 0.3) is 0 Å². The van der Waals surface area contributed by atoms with E-state index >= 15 is 0 Å². The van der Waals surface area contributed by atoms with Crippen LogP contribution >= 0.6 is 15.9 Å². The average Bonchev–Trinajstić information content (AvgIpc) is 2.49. The maximum atomic E-state index is 6.05. The van der Waals surface area contributed by atoms with E-state index in [-0.39, 0.29) is 0 Å². The lowest BCUT2D eigenvalue weighted by molar-refractivity contribution is 0.273. The van der Waals surface area contributed by atoms with Crippen LogP contribution in [0.4, 0.5) is 5.69 Å². The Bertz CT molecular complexity index is 358. The molecule has 1 aromatic carbocycles. The second-order valence-corrected chi connectivity index (χ2v) is 5.97. The van der Waals surface area contributed by atoms with Gasteiger partial charge in [0.15, 0.2) is 0 Å². The fourth-order valence-corrected chi connectivity index (χ4v) is 2.95. The van der Waals surface area contributed by atoms with Crippen molar-refractivity contribution in [2.75, 3.05) is 18.8 Å². The fraction of sp³-hybridized carbons (Fsp3) is 0.571. The molecule has 1 atom stereocenters. The molecular formula is C14H21BrN2. The van der Waals surface area contributed by atoms with Crippen LogP contribution in [-0.4, -0.2) is 18.0 Å². The van der Waals surface area contributed by atoms with Gasteiger partial charge in [-0.05, 0) is 50.4 Å². The highest BCUT2D eigenvalue weighted by molar-refractivity contribution is 9.10. The molecule has 0 saturated carbocycles. The zero-order valence-corrected chi connectivity index (χ0v) is 12.0. The van der Waals surface area contributed by atoms with Gasteiger partial charge in [-0.25, -0.2) is 0 Å². The molecule has 1 unspecified atom stereocenters. The standard InChI is InChI=1S/C14H21BrN2/c1-11-4-3-8-17(9-7-11)10-12-13(15)5-2-6-14(12)16/h2,5-6,11H,3-4,7-10,16H2,1H3. The summed E-state index contributed by atoms with van der Waals surface area (Å²) in [6.45, 7) is 5.73. The van der Waals surface area contributed by atoms with E-state index in [0.29, 0.717) is 0 Å². The number of nitrogen functional groups attached to an aromatic ring is 1. The molecule has 0 amide bonds. The minimum atomic E-state index is 0.872. The van der Waals surface area contributed by atoms with Crippen LogP contribution in [0, 0.1) is 5.92 Å². The van der Waals surface area contributed by atoms with Gasteiger partial charge in [-0.3, -0.25) is 4.90 Å². The van der Waals surface area contributed by atoms with Crippen molar-refractivity contribution in [2.45, 2.75) is 32.7 Å². The number of hydrogen-bond acceptors (Lipinski definition) is 2. The molecule has 0 aliphatic carbocycles. The third kappa shape index (κ3) is 3.46. The third-order valence-electron chi connectivity index (χ3n) is 3.65. The smallest absolute Gasteiger partial charge is 0.0371 e. The van der Waals surface area contributed by atoms with Crippen molar-refractivity contribution < 1.29 is 0 Å². The number of halogens is 1. The summed E-state index contributed by atoms with van der Waals surface area (Å²) in [5, 5.41) is 0. The molecule has 1 aliphatic rings. The zero-order valence-electron chi connectivity index (χ0n) is 10.5. The monoisotopic (exact) mass is 296 g/mol. The predicted octanol–water partition coefficient (Wildman–Crippen LogP) is 3.65. The predicted molar refractivity (Wildman–Crippen MR) is 76.8 cm³/mol. The lowest BCUT2D eigenvalue weighted by atomic mass is 10.0. The molecule has 1 aromatic rings. The fourth-order valence-electron chi connectivity index (χ4n) is 2.45. The van der Waals surface area contributed by atoms with E-state index in [1.165, 1.54) is 37.9 Å². The van der Waals surface area contributed by atoms with E-state index in [1.54, 1.807) is 0 Å². The van der Waals surface area contributed by atoms with Crippen LogP contribution in [0.15, 0.2) is 22.7 Å². The van der Waals surface area contributed by atoms with Gasteiger partial charge in [0.25, 0.3) is 0 Å². The molecule has 1 heterocycles. The van der Waals surface area contributed by atoms with E-state index in [1.807, 2.05) is 12.1 Å². The Kier molecular flexibility index (Phi) is 4.46. The number of hydrogen-bond donors (Lipinski definition) is 1. The lowest BCUT2D eigenvalue weighted by Gasteiger charge is -2.21. The molecule has 3 heteroatoms. The van der Waals surface area contributed by atoms with Crippen LogP contribution in [0.5, 0.6) is 0 Å². The van der Waals surface area contributed by atoms with Crippen LogP contribution in [0.1, 0.15) is 31.7 Å². The molecule has 1 saturated heterocycles. The molecule has 1 aliphatic heterocycles. The molecule has 2 N–H and O–H groups in total. The average molecular weight is 297 g/mol. The van der Waals surface area contributed by atoms with Crippen molar-refractivity contribution in [1.29, 1.82) is 0 Å². The zero-order chi connectivity index (χ0) is 12.3. The summed E-state index contributed by atoms with van der Waals surface area (Å²) in [6.07, 6.45) is 3.98. The summed E-state index contributed by atoms with van der Waals surface area (Å²) >= 11 is 3.60. The number of nitrogens with two attached hydrogens (primary N) is 1. The van der Waals surface area contributed by atoms with Crippen LogP contribution < -0.4 is 5.73 Å². The highest BCUT2D eigenvalue weighted by Crippen LogP contribution is 2.26. The first-order chi connectivity index (χ1) is 8.16. The molecule has 0 radical (unpaired) electrons. The van der Waals surface area contributed by atoms with E-state index in [2.05, 4.69) is 33.8 Å². The summed E-state index contributed by atoms with van der Waals surface area (Å²) in [6, 6.07) is 6.06. The second kappa shape index (κ2) is 5.87. The molecule has 0 spiro atoms. The van der Waals surface area contributed by atoms with Gasteiger partial charge in [-0.2, -0.15) is 0 Å². The largest absolute Gasteiger partial charge is 0.398 e. The number of nitrogens with zero attached hydrogens (tertiary/aromatic N) is 1. The van der Waals surface area contributed by atoms with Gasteiger partial charge >= 0.3 is 0 Å². The van der Waals surface area contributed by atoms with Gasteiger partial charge in [0, 0.05) is 22.3 Å². The first-order valence-corrected chi connectivity index (χ1v) is 7.21. The van der Waals surface area contributed by atoms with Crippen LogP contribution in [0.2, 0.25) is 0 Å². The molecule has 1 fully saturated rings. The van der Waals surface area contributed by atoms with Crippen LogP contribution in [-0.2, 0) is 6.54 Å². The lowest BCUT2D eigenvalue weighted by Crippen LogP contribution is -2.25. The van der Waals surface area contributed by atoms with Gasteiger partial charge in [0.05, 0.1) is 0 Å². The summed E-state index contributed by atoms with van der Waals surface area (Å²) in [7, 11) is 0. The Balaban J connectivity index is 2.05. The van der Waals surface area contributed by atoms with Crippen LogP contribution in [0.3, 0.4) is 0 Å². The Morgan fingerprint density at radius 1 is 1.35 bits per heavy atom. The van der Waals surface area contributed by atoms with Crippen molar-refractivity contribution in [1.82, 2.24) is 4.90 Å². The van der Waals surface area contributed by atoms with Crippen molar-refractivity contribution in [3.63, 3.8) is 0 Å². The summed E-state index contributed by atoms with van der Waals surface area (Å²) < 4.78 is 1.13. The molecule has 94 valence electrons. The molecule has 0 aromatic heterocycles. The first kappa shape index (κ1) is 12.9. The van der Waals surface area contributed by atoms with Gasteiger partial charge in [0.1, 0.15) is 0 Å². The van der Waals surface area contributed by atoms with Crippen molar-refractivity contribution in [3.8, 4) is 0 Å². The maximum absolute atomic E-state index is 6.05. The highest BCUT2D eigenvalue weighted by atomic mass is 79.9. The van der Waals surface area contributed by atoms with Gasteiger partial charge in [0.2, 0.25) is 0 Å². The number of anilines is 1. The maximum Gasteiger partial charge on any atom is 0.0371 e. The Morgan fingerprint density at radius 3 is 2.94 bits per heavy atom. The number of benzene rings is 1. The van der Waals surface area contributed by atoms with E-state index in [4.69, 9.17) is 5.73 Å². The molecular weight excluding hydrogens is 276 g/mol. The quantitative estimate of drug-likeness (QED) is 0.844.